The Balaban J connectivity index is 1.38. The van der Waals surface area contributed by atoms with Crippen LogP contribution in [0.15, 0.2) is 36.9 Å². The van der Waals surface area contributed by atoms with Gasteiger partial charge in [-0.05, 0) is 37.3 Å². The molecule has 0 aliphatic carbocycles. The van der Waals surface area contributed by atoms with Crippen molar-refractivity contribution in [2.75, 3.05) is 24.6 Å². The van der Waals surface area contributed by atoms with E-state index >= 15 is 0 Å². The van der Waals surface area contributed by atoms with Gasteiger partial charge >= 0.3 is 0 Å². The highest BCUT2D eigenvalue weighted by Gasteiger charge is 2.23. The van der Waals surface area contributed by atoms with Crippen LogP contribution in [0, 0.1) is 11.7 Å². The van der Waals surface area contributed by atoms with Crippen molar-refractivity contribution in [3.8, 4) is 5.88 Å². The molecule has 0 radical (unpaired) electrons. The maximum Gasteiger partial charge on any atom is 0.253 e. The van der Waals surface area contributed by atoms with E-state index in [1.165, 1.54) is 6.33 Å². The highest BCUT2D eigenvalue weighted by atomic mass is 19.1. The van der Waals surface area contributed by atoms with Crippen molar-refractivity contribution in [2.45, 2.75) is 26.2 Å². The number of halogens is 1. The van der Waals surface area contributed by atoms with Crippen LogP contribution in [0.3, 0.4) is 0 Å². The number of aromatic nitrogens is 4. The average molecular weight is 367 g/mol. The monoisotopic (exact) mass is 367 g/mol. The van der Waals surface area contributed by atoms with Crippen LogP contribution in [0.1, 0.15) is 25.5 Å². The summed E-state index contributed by atoms with van der Waals surface area (Å²) in [5.41, 5.74) is 1.35. The van der Waals surface area contributed by atoms with E-state index < -0.39 is 5.82 Å². The van der Waals surface area contributed by atoms with Gasteiger partial charge < -0.3 is 9.64 Å². The molecule has 0 unspecified atom stereocenters. The number of ether oxygens (including phenoxy) is 1. The molecule has 0 atom stereocenters. The summed E-state index contributed by atoms with van der Waals surface area (Å²) < 4.78 is 19.8. The Kier molecular flexibility index (Phi) is 5.09. The minimum Gasteiger partial charge on any atom is -0.475 e. The summed E-state index contributed by atoms with van der Waals surface area (Å²) in [5, 5.41) is 1.07. The summed E-state index contributed by atoms with van der Waals surface area (Å²) in [6.45, 7) is 4.11. The van der Waals surface area contributed by atoms with E-state index in [0.717, 1.165) is 42.7 Å². The molecule has 3 aromatic rings. The summed E-state index contributed by atoms with van der Waals surface area (Å²) in [6.07, 6.45) is 5.43. The van der Waals surface area contributed by atoms with Crippen LogP contribution in [0.5, 0.6) is 5.88 Å². The molecular formula is C20H22FN5O. The van der Waals surface area contributed by atoms with Gasteiger partial charge in [0.1, 0.15) is 18.5 Å². The molecule has 1 aromatic carbocycles. The molecule has 1 aliphatic rings. The third-order valence-electron chi connectivity index (χ3n) is 5.06. The summed E-state index contributed by atoms with van der Waals surface area (Å²) in [7, 11) is 0. The van der Waals surface area contributed by atoms with Crippen LogP contribution in [0.2, 0.25) is 0 Å². The van der Waals surface area contributed by atoms with Gasteiger partial charge in [-0.2, -0.15) is 9.37 Å². The number of fused-ring (bicyclic) bond motifs is 1. The van der Waals surface area contributed by atoms with Crippen molar-refractivity contribution in [1.29, 1.82) is 0 Å². The van der Waals surface area contributed by atoms with Gasteiger partial charge in [0.25, 0.3) is 5.88 Å². The van der Waals surface area contributed by atoms with E-state index in [9.17, 15) is 4.39 Å². The van der Waals surface area contributed by atoms with Crippen LogP contribution in [-0.4, -0.2) is 39.6 Å². The molecule has 0 N–H and O–H groups in total. The van der Waals surface area contributed by atoms with E-state index in [0.29, 0.717) is 24.6 Å². The highest BCUT2D eigenvalue weighted by Crippen LogP contribution is 2.27. The standard InChI is InChI=1S/C20H22FN5O/c1-2-16-18(21)20(25-13-22-16)27-11-14-7-9-26(10-8-14)19-15-5-3-4-6-17(15)23-12-24-19/h3-6,12-14H,2,7-11H2,1H3. The van der Waals surface area contributed by atoms with Gasteiger partial charge in [0.15, 0.2) is 0 Å². The largest absolute Gasteiger partial charge is 0.475 e. The van der Waals surface area contributed by atoms with Crippen LogP contribution in [0.4, 0.5) is 10.2 Å². The van der Waals surface area contributed by atoms with E-state index in [2.05, 4.69) is 30.9 Å². The van der Waals surface area contributed by atoms with Gasteiger partial charge in [-0.3, -0.25) is 0 Å². The van der Waals surface area contributed by atoms with Crippen molar-refractivity contribution in [3.05, 3.63) is 48.4 Å². The lowest BCUT2D eigenvalue weighted by atomic mass is 9.97. The van der Waals surface area contributed by atoms with Gasteiger partial charge in [0.05, 0.1) is 17.8 Å². The molecule has 0 bridgehead atoms. The molecule has 1 fully saturated rings. The molecule has 2 aromatic heterocycles. The first-order valence-electron chi connectivity index (χ1n) is 9.33. The molecule has 140 valence electrons. The number of para-hydroxylation sites is 1. The van der Waals surface area contributed by atoms with Crippen LogP contribution in [0.25, 0.3) is 10.9 Å². The number of rotatable bonds is 5. The van der Waals surface area contributed by atoms with Crippen LogP contribution >= 0.6 is 0 Å². The van der Waals surface area contributed by atoms with Crippen LogP contribution in [-0.2, 0) is 6.42 Å². The molecule has 27 heavy (non-hydrogen) atoms. The number of hydrogen-bond donors (Lipinski definition) is 0. The predicted octanol–water partition coefficient (Wildman–Crippen LogP) is 3.42. The predicted molar refractivity (Wildman–Crippen MR) is 101 cm³/mol. The first kappa shape index (κ1) is 17.6. The van der Waals surface area contributed by atoms with Gasteiger partial charge in [0, 0.05) is 18.5 Å². The fourth-order valence-corrected chi connectivity index (χ4v) is 3.49. The number of anilines is 1. The van der Waals surface area contributed by atoms with Crippen molar-refractivity contribution >= 4 is 16.7 Å². The first-order chi connectivity index (χ1) is 13.3. The number of aryl methyl sites for hydroxylation is 1. The molecule has 3 heterocycles. The van der Waals surface area contributed by atoms with E-state index in [1.807, 2.05) is 25.1 Å². The lowest BCUT2D eigenvalue weighted by Gasteiger charge is -2.33. The lowest BCUT2D eigenvalue weighted by molar-refractivity contribution is 0.206. The smallest absolute Gasteiger partial charge is 0.253 e. The SMILES string of the molecule is CCc1ncnc(OCC2CCN(c3ncnc4ccccc34)CC2)c1F. The second-order valence-corrected chi connectivity index (χ2v) is 6.75. The lowest BCUT2D eigenvalue weighted by Crippen LogP contribution is -2.36. The molecule has 4 rings (SSSR count). The van der Waals surface area contributed by atoms with Crippen molar-refractivity contribution < 1.29 is 9.13 Å². The minimum absolute atomic E-state index is 0.0612. The maximum absolute atomic E-state index is 14.2. The van der Waals surface area contributed by atoms with Crippen molar-refractivity contribution in [1.82, 2.24) is 19.9 Å². The number of hydrogen-bond acceptors (Lipinski definition) is 6. The second-order valence-electron chi connectivity index (χ2n) is 6.75. The number of nitrogens with zero attached hydrogens (tertiary/aromatic N) is 5. The van der Waals surface area contributed by atoms with E-state index in [-0.39, 0.29) is 5.88 Å². The molecule has 6 nitrogen and oxygen atoms in total. The molecule has 7 heteroatoms. The van der Waals surface area contributed by atoms with Gasteiger partial charge in [-0.15, -0.1) is 0 Å². The molecule has 0 spiro atoms. The van der Waals surface area contributed by atoms with Gasteiger partial charge in [0.2, 0.25) is 5.82 Å². The Hall–Kier alpha value is -2.83. The molecule has 1 aliphatic heterocycles. The summed E-state index contributed by atoms with van der Waals surface area (Å²) in [4.78, 5) is 19.0. The van der Waals surface area contributed by atoms with E-state index in [4.69, 9.17) is 4.74 Å². The molecule has 0 amide bonds. The Morgan fingerprint density at radius 2 is 1.85 bits per heavy atom. The number of benzene rings is 1. The Labute approximate surface area is 157 Å². The summed E-state index contributed by atoms with van der Waals surface area (Å²) >= 11 is 0. The molecular weight excluding hydrogens is 345 g/mol. The third kappa shape index (κ3) is 3.67. The molecule has 0 saturated carbocycles. The zero-order valence-electron chi connectivity index (χ0n) is 15.3. The normalized spacial score (nSPS) is 15.3. The Morgan fingerprint density at radius 1 is 1.07 bits per heavy atom. The third-order valence-corrected chi connectivity index (χ3v) is 5.06. The van der Waals surface area contributed by atoms with Crippen molar-refractivity contribution in [3.63, 3.8) is 0 Å². The summed E-state index contributed by atoms with van der Waals surface area (Å²) in [5.74, 6) is 0.971. The summed E-state index contributed by atoms with van der Waals surface area (Å²) in [6, 6.07) is 8.06. The zero-order chi connectivity index (χ0) is 18.6. The molecule has 1 saturated heterocycles. The minimum atomic E-state index is -0.440. The second kappa shape index (κ2) is 7.82. The fraction of sp³-hybridized carbons (Fsp3) is 0.400. The quantitative estimate of drug-likeness (QED) is 0.689. The average Bonchev–Trinajstić information content (AvgIpc) is 2.73. The number of piperidine rings is 1. The zero-order valence-corrected chi connectivity index (χ0v) is 15.3. The maximum atomic E-state index is 14.2. The topological polar surface area (TPSA) is 64.0 Å². The van der Waals surface area contributed by atoms with Gasteiger partial charge in [-0.1, -0.05) is 19.1 Å². The van der Waals surface area contributed by atoms with Gasteiger partial charge in [-0.25, -0.2) is 15.0 Å². The Bertz CT molecular complexity index is 922. The fourth-order valence-electron chi connectivity index (χ4n) is 3.49. The highest BCUT2D eigenvalue weighted by molar-refractivity contribution is 5.89. The Morgan fingerprint density at radius 3 is 2.67 bits per heavy atom. The van der Waals surface area contributed by atoms with Crippen molar-refractivity contribution in [2.24, 2.45) is 5.92 Å². The van der Waals surface area contributed by atoms with Crippen LogP contribution < -0.4 is 9.64 Å². The first-order valence-corrected chi connectivity index (χ1v) is 9.33. The van der Waals surface area contributed by atoms with E-state index in [1.54, 1.807) is 6.33 Å².